The predicted molar refractivity (Wildman–Crippen MR) is 51.2 cm³/mol. The molecule has 0 spiro atoms. The second-order valence-electron chi connectivity index (χ2n) is 2.11. The number of thioether (sulfide) groups is 1. The van der Waals surface area contributed by atoms with Gasteiger partial charge in [-0.25, -0.2) is 0 Å². The van der Waals surface area contributed by atoms with Gasteiger partial charge in [-0.1, -0.05) is 19.2 Å². The molecule has 0 aromatic heterocycles. The minimum atomic E-state index is 1.02. The van der Waals surface area contributed by atoms with Crippen LogP contribution in [0.5, 0.6) is 0 Å². The maximum absolute atomic E-state index is 3.85. The first-order chi connectivity index (χ1) is 4.63. The Morgan fingerprint density at radius 3 is 2.20 bits per heavy atom. The second-order valence-corrected chi connectivity index (χ2v) is 3.14. The van der Waals surface area contributed by atoms with Gasteiger partial charge >= 0.3 is 0 Å². The van der Waals surface area contributed by atoms with Crippen LogP contribution in [0.15, 0.2) is 35.3 Å². The van der Waals surface area contributed by atoms with E-state index in [0.29, 0.717) is 0 Å². The molecule has 0 radical (unpaired) electrons. The van der Waals surface area contributed by atoms with Gasteiger partial charge in [0, 0.05) is 0 Å². The van der Waals surface area contributed by atoms with E-state index in [1.54, 1.807) is 17.8 Å². The van der Waals surface area contributed by atoms with Crippen molar-refractivity contribution in [2.45, 2.75) is 13.8 Å². The van der Waals surface area contributed by atoms with Crippen LogP contribution in [0.2, 0.25) is 0 Å². The molecule has 0 aliphatic carbocycles. The van der Waals surface area contributed by atoms with Crippen molar-refractivity contribution in [2.24, 2.45) is 0 Å². The van der Waals surface area contributed by atoms with Crippen LogP contribution in [0.1, 0.15) is 13.8 Å². The molecule has 0 heterocycles. The first-order valence-corrected chi connectivity index (χ1v) is 4.39. The van der Waals surface area contributed by atoms with Gasteiger partial charge < -0.3 is 0 Å². The maximum atomic E-state index is 3.85. The van der Waals surface area contributed by atoms with Crippen LogP contribution in [0.3, 0.4) is 0 Å². The molecule has 0 unspecified atom stereocenters. The van der Waals surface area contributed by atoms with Gasteiger partial charge in [0.05, 0.1) is 0 Å². The van der Waals surface area contributed by atoms with E-state index in [0.717, 1.165) is 5.57 Å². The summed E-state index contributed by atoms with van der Waals surface area (Å²) in [6, 6.07) is 0. The summed E-state index contributed by atoms with van der Waals surface area (Å²) >= 11 is 1.75. The van der Waals surface area contributed by atoms with Crippen LogP contribution in [-0.4, -0.2) is 6.26 Å². The lowest BCUT2D eigenvalue weighted by atomic mass is 10.1. The van der Waals surface area contributed by atoms with Crippen LogP contribution < -0.4 is 0 Å². The highest BCUT2D eigenvalue weighted by Crippen LogP contribution is 2.20. The van der Waals surface area contributed by atoms with E-state index in [-0.39, 0.29) is 0 Å². The molecule has 0 nitrogen and oxygen atoms in total. The first kappa shape index (κ1) is 9.57. The average molecular weight is 154 g/mol. The zero-order valence-corrected chi connectivity index (χ0v) is 7.72. The Hall–Kier alpha value is -0.430. The molecule has 0 rings (SSSR count). The minimum absolute atomic E-state index is 1.02. The summed E-state index contributed by atoms with van der Waals surface area (Å²) in [5, 5.41) is 0. The van der Waals surface area contributed by atoms with E-state index in [4.69, 9.17) is 0 Å². The largest absolute Gasteiger partial charge is 0.134 e. The van der Waals surface area contributed by atoms with Crippen LogP contribution in [0.25, 0.3) is 0 Å². The smallest absolute Gasteiger partial charge is 0.0140 e. The molecule has 0 saturated heterocycles. The summed E-state index contributed by atoms with van der Waals surface area (Å²) in [6.45, 7) is 11.7. The van der Waals surface area contributed by atoms with Crippen LogP contribution >= 0.6 is 11.8 Å². The van der Waals surface area contributed by atoms with Gasteiger partial charge in [-0.05, 0) is 36.2 Å². The first-order valence-electron chi connectivity index (χ1n) is 3.16. The van der Waals surface area contributed by atoms with Gasteiger partial charge in [-0.3, -0.25) is 0 Å². The van der Waals surface area contributed by atoms with E-state index in [9.17, 15) is 0 Å². The van der Waals surface area contributed by atoms with Crippen molar-refractivity contribution in [3.63, 3.8) is 0 Å². The third-order valence-electron chi connectivity index (χ3n) is 1.56. The average Bonchev–Trinajstić information content (AvgIpc) is 2.00. The zero-order chi connectivity index (χ0) is 8.15. The second kappa shape index (κ2) is 4.40. The van der Waals surface area contributed by atoms with E-state index < -0.39 is 0 Å². The number of hydrogen-bond donors (Lipinski definition) is 0. The Labute approximate surface area is 67.7 Å². The van der Waals surface area contributed by atoms with Crippen molar-refractivity contribution in [2.75, 3.05) is 6.26 Å². The van der Waals surface area contributed by atoms with E-state index in [1.807, 2.05) is 0 Å². The highest BCUT2D eigenvalue weighted by Gasteiger charge is 1.95. The number of hydrogen-bond acceptors (Lipinski definition) is 1. The molecule has 1 heteroatoms. The van der Waals surface area contributed by atoms with Gasteiger partial charge in [0.1, 0.15) is 0 Å². The molecule has 0 aliphatic heterocycles. The minimum Gasteiger partial charge on any atom is -0.134 e. The fourth-order valence-electron chi connectivity index (χ4n) is 0.532. The standard InChI is InChI=1S/C9H14S/c1-6-7(2)8(3)9(4)10-5/h6H,1-2H2,3-5H3. The Morgan fingerprint density at radius 1 is 1.40 bits per heavy atom. The van der Waals surface area contributed by atoms with Crippen molar-refractivity contribution in [3.8, 4) is 0 Å². The third-order valence-corrected chi connectivity index (χ3v) is 2.48. The summed E-state index contributed by atoms with van der Waals surface area (Å²) < 4.78 is 0. The summed E-state index contributed by atoms with van der Waals surface area (Å²) in [4.78, 5) is 1.31. The SMILES string of the molecule is C=CC(=C)C(C)=C(C)SC. The highest BCUT2D eigenvalue weighted by molar-refractivity contribution is 8.02. The van der Waals surface area contributed by atoms with Gasteiger partial charge in [-0.2, -0.15) is 0 Å². The summed E-state index contributed by atoms with van der Waals surface area (Å²) in [6.07, 6.45) is 3.85. The molecule has 0 aliphatic rings. The fraction of sp³-hybridized carbons (Fsp3) is 0.333. The van der Waals surface area contributed by atoms with Crippen LogP contribution in [0, 0.1) is 0 Å². The monoisotopic (exact) mass is 154 g/mol. The van der Waals surface area contributed by atoms with E-state index in [1.165, 1.54) is 10.5 Å². The van der Waals surface area contributed by atoms with Gasteiger partial charge in [0.15, 0.2) is 0 Å². The van der Waals surface area contributed by atoms with Gasteiger partial charge in [-0.15, -0.1) is 11.8 Å². The fourth-order valence-corrected chi connectivity index (χ4v) is 0.970. The molecule has 0 atom stereocenters. The summed E-state index contributed by atoms with van der Waals surface area (Å²) in [5.41, 5.74) is 2.26. The van der Waals surface area contributed by atoms with Crippen molar-refractivity contribution in [1.29, 1.82) is 0 Å². The molecule has 0 bridgehead atoms. The van der Waals surface area contributed by atoms with Crippen molar-refractivity contribution in [3.05, 3.63) is 35.3 Å². The number of allylic oxidation sites excluding steroid dienone is 4. The molecule has 56 valence electrons. The summed E-state index contributed by atoms with van der Waals surface area (Å²) in [7, 11) is 0. The normalized spacial score (nSPS) is 12.3. The van der Waals surface area contributed by atoms with Crippen LogP contribution in [-0.2, 0) is 0 Å². The van der Waals surface area contributed by atoms with E-state index in [2.05, 4.69) is 33.3 Å². The lowest BCUT2D eigenvalue weighted by Crippen LogP contribution is -1.80. The zero-order valence-electron chi connectivity index (χ0n) is 6.90. The Balaban J connectivity index is 4.45. The third kappa shape index (κ3) is 2.44. The molecule has 0 fully saturated rings. The maximum Gasteiger partial charge on any atom is -0.0140 e. The molecular weight excluding hydrogens is 140 g/mol. The summed E-state index contributed by atoms with van der Waals surface area (Å²) in [5.74, 6) is 0. The lowest BCUT2D eigenvalue weighted by Gasteiger charge is -2.03. The van der Waals surface area contributed by atoms with Gasteiger partial charge in [0.2, 0.25) is 0 Å². The van der Waals surface area contributed by atoms with Crippen molar-refractivity contribution in [1.82, 2.24) is 0 Å². The van der Waals surface area contributed by atoms with Crippen LogP contribution in [0.4, 0.5) is 0 Å². The van der Waals surface area contributed by atoms with Crippen molar-refractivity contribution >= 4 is 11.8 Å². The van der Waals surface area contributed by atoms with Crippen molar-refractivity contribution < 1.29 is 0 Å². The molecule has 0 N–H and O–H groups in total. The molecule has 0 saturated carbocycles. The highest BCUT2D eigenvalue weighted by atomic mass is 32.2. The molecule has 0 amide bonds. The van der Waals surface area contributed by atoms with E-state index >= 15 is 0 Å². The quantitative estimate of drug-likeness (QED) is 0.561. The Bertz CT molecular complexity index is 175. The Morgan fingerprint density at radius 2 is 1.90 bits per heavy atom. The molecule has 10 heavy (non-hydrogen) atoms. The topological polar surface area (TPSA) is 0 Å². The molecule has 0 aromatic rings. The molecule has 0 aromatic carbocycles. The Kier molecular flexibility index (Phi) is 4.21. The number of rotatable bonds is 3. The van der Waals surface area contributed by atoms with Gasteiger partial charge in [0.25, 0.3) is 0 Å². The lowest BCUT2D eigenvalue weighted by molar-refractivity contribution is 1.39. The molecular formula is C9H14S. The predicted octanol–water partition coefficient (Wildman–Crippen LogP) is 3.39.